The average molecular weight is 262 g/mol. The van der Waals surface area contributed by atoms with Crippen LogP contribution in [0.4, 0.5) is 0 Å². The maximum absolute atomic E-state index is 11.6. The molecule has 0 saturated carbocycles. The first-order chi connectivity index (χ1) is 8.93. The number of phenols is 1. The highest BCUT2D eigenvalue weighted by Gasteiger charge is 2.17. The molecule has 6 heteroatoms. The Bertz CT molecular complexity index is 673. The van der Waals surface area contributed by atoms with Crippen LogP contribution in [0, 0.1) is 6.92 Å². The van der Waals surface area contributed by atoms with Gasteiger partial charge in [-0.3, -0.25) is 14.3 Å². The van der Waals surface area contributed by atoms with Gasteiger partial charge in [0, 0.05) is 12.3 Å². The van der Waals surface area contributed by atoms with Gasteiger partial charge in [-0.25, -0.2) is 0 Å². The van der Waals surface area contributed by atoms with Gasteiger partial charge in [-0.15, -0.1) is 0 Å². The molecular formula is C13H14N2O4. The van der Waals surface area contributed by atoms with Gasteiger partial charge in [-0.05, 0) is 24.6 Å². The van der Waals surface area contributed by atoms with Crippen molar-refractivity contribution in [1.82, 2.24) is 9.78 Å². The fourth-order valence-corrected chi connectivity index (χ4v) is 1.88. The summed E-state index contributed by atoms with van der Waals surface area (Å²) in [5.74, 6) is -0.588. The first kappa shape index (κ1) is 13.1. The lowest BCUT2D eigenvalue weighted by atomic mass is 10.1. The third-order valence-corrected chi connectivity index (χ3v) is 2.91. The van der Waals surface area contributed by atoms with E-state index >= 15 is 0 Å². The van der Waals surface area contributed by atoms with Crippen LogP contribution in [0.25, 0.3) is 10.9 Å². The molecule has 6 nitrogen and oxygen atoms in total. The number of phenolic OH excluding ortho intramolecular Hbond substituents is 1. The fourth-order valence-electron chi connectivity index (χ4n) is 1.88. The van der Waals surface area contributed by atoms with Crippen LogP contribution in [-0.2, 0) is 16.1 Å². The summed E-state index contributed by atoms with van der Waals surface area (Å²) in [6.45, 7) is 3.04. The lowest BCUT2D eigenvalue weighted by molar-refractivity contribution is -0.141. The lowest BCUT2D eigenvalue weighted by Gasteiger charge is -2.03. The van der Waals surface area contributed by atoms with Gasteiger partial charge in [0.05, 0.1) is 12.6 Å². The Kier molecular flexibility index (Phi) is 3.25. The maximum Gasteiger partial charge on any atom is 0.327 e. The summed E-state index contributed by atoms with van der Waals surface area (Å²) in [5, 5.41) is 14.4. The van der Waals surface area contributed by atoms with E-state index in [-0.39, 0.29) is 23.8 Å². The number of carbonyl (C=O) groups is 2. The minimum Gasteiger partial charge on any atom is -0.508 e. The van der Waals surface area contributed by atoms with Crippen molar-refractivity contribution in [2.75, 3.05) is 7.11 Å². The van der Waals surface area contributed by atoms with Crippen molar-refractivity contribution < 1.29 is 19.4 Å². The summed E-state index contributed by atoms with van der Waals surface area (Å²) in [6.07, 6.45) is 0. The van der Waals surface area contributed by atoms with Crippen molar-refractivity contribution >= 4 is 22.7 Å². The second-order valence-corrected chi connectivity index (χ2v) is 4.29. The van der Waals surface area contributed by atoms with E-state index in [1.807, 2.05) is 0 Å². The van der Waals surface area contributed by atoms with E-state index in [4.69, 9.17) is 0 Å². The van der Waals surface area contributed by atoms with Gasteiger partial charge in [-0.1, -0.05) is 0 Å². The number of methoxy groups -OCH3 is 1. The number of aromatic hydroxyl groups is 1. The van der Waals surface area contributed by atoms with E-state index in [2.05, 4.69) is 9.84 Å². The number of hydrogen-bond acceptors (Lipinski definition) is 5. The Morgan fingerprint density at radius 3 is 2.68 bits per heavy atom. The van der Waals surface area contributed by atoms with Crippen molar-refractivity contribution in [3.8, 4) is 5.75 Å². The van der Waals surface area contributed by atoms with Crippen LogP contribution >= 0.6 is 0 Å². The van der Waals surface area contributed by atoms with Gasteiger partial charge in [-0.2, -0.15) is 5.10 Å². The number of hydrogen-bond donors (Lipinski definition) is 1. The van der Waals surface area contributed by atoms with Crippen LogP contribution in [0.1, 0.15) is 23.0 Å². The number of ketones is 1. The summed E-state index contributed by atoms with van der Waals surface area (Å²) in [7, 11) is 1.29. The molecule has 0 amide bonds. The van der Waals surface area contributed by atoms with Crippen molar-refractivity contribution in [2.45, 2.75) is 20.4 Å². The summed E-state index contributed by atoms with van der Waals surface area (Å²) >= 11 is 0. The molecular weight excluding hydrogens is 248 g/mol. The van der Waals surface area contributed by atoms with Crippen molar-refractivity contribution in [1.29, 1.82) is 0 Å². The SMILES string of the molecule is COC(=O)Cn1nc(C(C)=O)c2cc(O)c(C)cc21. The van der Waals surface area contributed by atoms with Gasteiger partial charge >= 0.3 is 5.97 Å². The third kappa shape index (κ3) is 2.29. The number of benzene rings is 1. The van der Waals surface area contributed by atoms with Gasteiger partial charge in [0.2, 0.25) is 0 Å². The molecule has 2 rings (SSSR count). The number of aromatic nitrogens is 2. The number of rotatable bonds is 3. The average Bonchev–Trinajstić information content (AvgIpc) is 2.68. The molecule has 100 valence electrons. The molecule has 0 atom stereocenters. The summed E-state index contributed by atoms with van der Waals surface area (Å²) in [5.41, 5.74) is 1.49. The van der Waals surface area contributed by atoms with Crippen LogP contribution < -0.4 is 0 Å². The molecule has 0 aliphatic heterocycles. The van der Waals surface area contributed by atoms with Crippen LogP contribution in [0.3, 0.4) is 0 Å². The quantitative estimate of drug-likeness (QED) is 0.668. The molecule has 2 aromatic rings. The molecule has 0 saturated heterocycles. The number of fused-ring (bicyclic) bond motifs is 1. The summed E-state index contributed by atoms with van der Waals surface area (Å²) < 4.78 is 6.00. The molecule has 0 aliphatic carbocycles. The van der Waals surface area contributed by atoms with Gasteiger partial charge < -0.3 is 9.84 Å². The molecule has 0 aliphatic rings. The number of ether oxygens (including phenoxy) is 1. The molecule has 0 fully saturated rings. The topological polar surface area (TPSA) is 81.4 Å². The number of carbonyl (C=O) groups excluding carboxylic acids is 2. The molecule has 1 aromatic heterocycles. The second-order valence-electron chi connectivity index (χ2n) is 4.29. The van der Waals surface area contributed by atoms with Crippen molar-refractivity contribution in [3.05, 3.63) is 23.4 Å². The van der Waals surface area contributed by atoms with Crippen LogP contribution in [0.2, 0.25) is 0 Å². The Labute approximate surface area is 109 Å². The van der Waals surface area contributed by atoms with Crippen LogP contribution in [-0.4, -0.2) is 33.7 Å². The summed E-state index contributed by atoms with van der Waals surface area (Å²) in [6, 6.07) is 3.18. The number of aryl methyl sites for hydroxylation is 1. The third-order valence-electron chi connectivity index (χ3n) is 2.91. The Hall–Kier alpha value is -2.37. The monoisotopic (exact) mass is 262 g/mol. The molecule has 1 heterocycles. The van der Waals surface area contributed by atoms with Crippen LogP contribution in [0.5, 0.6) is 5.75 Å². The normalized spacial score (nSPS) is 10.7. The fraction of sp³-hybridized carbons (Fsp3) is 0.308. The Balaban J connectivity index is 2.67. The number of esters is 1. The molecule has 0 bridgehead atoms. The predicted octanol–water partition coefficient (Wildman–Crippen LogP) is 1.43. The largest absolute Gasteiger partial charge is 0.508 e. The van der Waals surface area contributed by atoms with E-state index in [0.29, 0.717) is 16.5 Å². The van der Waals surface area contributed by atoms with Crippen molar-refractivity contribution in [3.63, 3.8) is 0 Å². The molecule has 0 spiro atoms. The lowest BCUT2D eigenvalue weighted by Crippen LogP contribution is -2.13. The summed E-state index contributed by atoms with van der Waals surface area (Å²) in [4.78, 5) is 22.9. The van der Waals surface area contributed by atoms with E-state index in [1.54, 1.807) is 13.0 Å². The maximum atomic E-state index is 11.6. The zero-order chi connectivity index (χ0) is 14.2. The predicted molar refractivity (Wildman–Crippen MR) is 68.2 cm³/mol. The molecule has 19 heavy (non-hydrogen) atoms. The molecule has 0 radical (unpaired) electrons. The zero-order valence-electron chi connectivity index (χ0n) is 10.9. The van der Waals surface area contributed by atoms with Gasteiger partial charge in [0.1, 0.15) is 18.0 Å². The number of nitrogens with zero attached hydrogens (tertiary/aromatic N) is 2. The Morgan fingerprint density at radius 1 is 1.42 bits per heavy atom. The van der Waals surface area contributed by atoms with Crippen molar-refractivity contribution in [2.24, 2.45) is 0 Å². The highest BCUT2D eigenvalue weighted by atomic mass is 16.5. The number of Topliss-reactive ketones (excluding diaryl/α,β-unsaturated/α-hetero) is 1. The zero-order valence-corrected chi connectivity index (χ0v) is 10.9. The molecule has 1 N–H and O–H groups in total. The minimum absolute atomic E-state index is 0.0789. The first-order valence-electron chi connectivity index (χ1n) is 5.72. The smallest absolute Gasteiger partial charge is 0.327 e. The highest BCUT2D eigenvalue weighted by molar-refractivity contribution is 6.05. The van der Waals surface area contributed by atoms with E-state index in [0.717, 1.165) is 0 Å². The highest BCUT2D eigenvalue weighted by Crippen LogP contribution is 2.27. The molecule has 0 unspecified atom stereocenters. The van der Waals surface area contributed by atoms with Gasteiger partial charge in [0.15, 0.2) is 5.78 Å². The van der Waals surface area contributed by atoms with E-state index in [9.17, 15) is 14.7 Å². The Morgan fingerprint density at radius 2 is 2.11 bits per heavy atom. The van der Waals surface area contributed by atoms with Crippen LogP contribution in [0.15, 0.2) is 12.1 Å². The minimum atomic E-state index is -0.453. The van der Waals surface area contributed by atoms with Gasteiger partial charge in [0.25, 0.3) is 0 Å². The van der Waals surface area contributed by atoms with E-state index in [1.165, 1.54) is 24.8 Å². The van der Waals surface area contributed by atoms with E-state index < -0.39 is 5.97 Å². The second kappa shape index (κ2) is 4.72. The standard InChI is InChI=1S/C13H14N2O4/c1-7-4-10-9(5-11(7)17)13(8(2)16)14-15(10)6-12(18)19-3/h4-5,17H,6H2,1-3H3. The molecule has 1 aromatic carbocycles. The first-order valence-corrected chi connectivity index (χ1v) is 5.72.